The zero-order valence-corrected chi connectivity index (χ0v) is 14.1. The van der Waals surface area contributed by atoms with Crippen LogP contribution >= 0.6 is 0 Å². The third-order valence-electron chi connectivity index (χ3n) is 3.88. The van der Waals surface area contributed by atoms with E-state index in [1.165, 1.54) is 12.0 Å². The highest BCUT2D eigenvalue weighted by atomic mass is 16.5. The summed E-state index contributed by atoms with van der Waals surface area (Å²) < 4.78 is 10.3. The van der Waals surface area contributed by atoms with Crippen molar-refractivity contribution in [1.29, 1.82) is 0 Å². The fourth-order valence-corrected chi connectivity index (χ4v) is 2.53. The van der Waals surface area contributed by atoms with Crippen LogP contribution in [0.3, 0.4) is 0 Å². The van der Waals surface area contributed by atoms with Crippen LogP contribution in [0.4, 0.5) is 0 Å². The number of piperazine rings is 1. The van der Waals surface area contributed by atoms with Crippen molar-refractivity contribution in [3.8, 4) is 5.75 Å². The molecule has 0 aliphatic carbocycles. The summed E-state index contributed by atoms with van der Waals surface area (Å²) in [5.41, 5.74) is 1.09. The van der Waals surface area contributed by atoms with Crippen LogP contribution in [-0.2, 0) is 19.1 Å². The molecular formula is C17H22N2O5. The number of nitrogens with zero attached hydrogens (tertiary/aromatic N) is 1. The van der Waals surface area contributed by atoms with E-state index in [4.69, 9.17) is 4.74 Å². The molecule has 0 saturated carbocycles. The summed E-state index contributed by atoms with van der Waals surface area (Å²) in [6.45, 7) is 4.26. The molecule has 2 atom stereocenters. The molecule has 0 radical (unpaired) electrons. The molecule has 0 unspecified atom stereocenters. The van der Waals surface area contributed by atoms with Gasteiger partial charge in [0.1, 0.15) is 11.8 Å². The van der Waals surface area contributed by atoms with Gasteiger partial charge >= 0.3 is 5.97 Å². The quantitative estimate of drug-likeness (QED) is 0.799. The molecule has 7 nitrogen and oxygen atoms in total. The molecule has 0 bridgehead atoms. The number of methoxy groups -OCH3 is 1. The zero-order chi connectivity index (χ0) is 17.7. The van der Waals surface area contributed by atoms with Crippen molar-refractivity contribution in [2.75, 3.05) is 20.2 Å². The van der Waals surface area contributed by atoms with Crippen molar-refractivity contribution >= 4 is 17.8 Å². The molecule has 1 saturated heterocycles. The van der Waals surface area contributed by atoms with Gasteiger partial charge in [-0.15, -0.1) is 0 Å². The lowest BCUT2D eigenvalue weighted by Gasteiger charge is -2.35. The molecule has 1 fully saturated rings. The summed E-state index contributed by atoms with van der Waals surface area (Å²) in [5, 5.41) is 2.66. The molecule has 1 heterocycles. The second-order valence-corrected chi connectivity index (χ2v) is 5.69. The van der Waals surface area contributed by atoms with Gasteiger partial charge in [-0.25, -0.2) is 0 Å². The monoisotopic (exact) mass is 334 g/mol. The maximum atomic E-state index is 12.7. The van der Waals surface area contributed by atoms with Crippen molar-refractivity contribution in [3.05, 3.63) is 29.8 Å². The van der Waals surface area contributed by atoms with Gasteiger partial charge in [0.15, 0.2) is 6.10 Å². The number of nitrogens with one attached hydrogen (secondary N) is 1. The average Bonchev–Trinajstić information content (AvgIpc) is 2.57. The smallest absolute Gasteiger partial charge is 0.308 e. The number of aryl methyl sites for hydroxylation is 1. The molecule has 24 heavy (non-hydrogen) atoms. The minimum absolute atomic E-state index is 0.175. The second kappa shape index (κ2) is 7.81. The molecular weight excluding hydrogens is 312 g/mol. The van der Waals surface area contributed by atoms with Crippen LogP contribution in [0, 0.1) is 6.92 Å². The lowest BCUT2D eigenvalue weighted by atomic mass is 10.1. The Morgan fingerprint density at radius 1 is 1.33 bits per heavy atom. The van der Waals surface area contributed by atoms with E-state index in [-0.39, 0.29) is 18.2 Å². The van der Waals surface area contributed by atoms with Crippen LogP contribution in [0.1, 0.15) is 18.9 Å². The summed E-state index contributed by atoms with van der Waals surface area (Å²) in [6, 6.07) is 6.48. The van der Waals surface area contributed by atoms with Gasteiger partial charge in [0.2, 0.25) is 5.91 Å². The maximum Gasteiger partial charge on any atom is 0.308 e. The molecule has 0 spiro atoms. The fraction of sp³-hybridized carbons (Fsp3) is 0.471. The van der Waals surface area contributed by atoms with Gasteiger partial charge < -0.3 is 19.7 Å². The average molecular weight is 334 g/mol. The first-order valence-electron chi connectivity index (χ1n) is 7.80. The van der Waals surface area contributed by atoms with E-state index >= 15 is 0 Å². The van der Waals surface area contributed by atoms with Gasteiger partial charge in [-0.05, 0) is 26.0 Å². The molecule has 1 aliphatic rings. The molecule has 1 N–H and O–H groups in total. The van der Waals surface area contributed by atoms with Gasteiger partial charge in [0.05, 0.1) is 13.5 Å². The maximum absolute atomic E-state index is 12.7. The van der Waals surface area contributed by atoms with Gasteiger partial charge in [-0.1, -0.05) is 17.7 Å². The topological polar surface area (TPSA) is 84.9 Å². The van der Waals surface area contributed by atoms with Crippen molar-refractivity contribution in [2.45, 2.75) is 32.4 Å². The third-order valence-corrected chi connectivity index (χ3v) is 3.88. The molecule has 1 aromatic rings. The number of esters is 1. The summed E-state index contributed by atoms with van der Waals surface area (Å²) in [5.74, 6) is -0.656. The summed E-state index contributed by atoms with van der Waals surface area (Å²) >= 11 is 0. The summed E-state index contributed by atoms with van der Waals surface area (Å²) in [4.78, 5) is 37.6. The Labute approximate surface area is 140 Å². The highest BCUT2D eigenvalue weighted by Gasteiger charge is 2.37. The Morgan fingerprint density at radius 3 is 2.62 bits per heavy atom. The van der Waals surface area contributed by atoms with Crippen LogP contribution in [0.15, 0.2) is 24.3 Å². The first-order chi connectivity index (χ1) is 11.4. The van der Waals surface area contributed by atoms with Crippen molar-refractivity contribution < 1.29 is 23.9 Å². The predicted octanol–water partition coefficient (Wildman–Crippen LogP) is 0.652. The van der Waals surface area contributed by atoms with Crippen molar-refractivity contribution in [1.82, 2.24) is 10.2 Å². The Morgan fingerprint density at radius 2 is 2.00 bits per heavy atom. The zero-order valence-electron chi connectivity index (χ0n) is 14.1. The summed E-state index contributed by atoms with van der Waals surface area (Å²) in [6.07, 6.45) is -0.940. The number of hydrogen-bond acceptors (Lipinski definition) is 5. The first-order valence-corrected chi connectivity index (χ1v) is 7.80. The number of amides is 2. The normalized spacial score (nSPS) is 18.5. The Kier molecular flexibility index (Phi) is 5.78. The third kappa shape index (κ3) is 4.24. The molecule has 2 amide bonds. The molecule has 7 heteroatoms. The minimum Gasteiger partial charge on any atom is -0.481 e. The molecule has 130 valence electrons. The van der Waals surface area contributed by atoms with Crippen LogP contribution in [0.5, 0.6) is 5.75 Å². The van der Waals surface area contributed by atoms with Crippen LogP contribution in [-0.4, -0.2) is 55.0 Å². The van der Waals surface area contributed by atoms with Crippen molar-refractivity contribution in [3.63, 3.8) is 0 Å². The Balaban J connectivity index is 2.07. The van der Waals surface area contributed by atoms with E-state index in [2.05, 4.69) is 10.1 Å². The van der Waals surface area contributed by atoms with E-state index in [9.17, 15) is 14.4 Å². The minimum atomic E-state index is -0.872. The molecule has 2 rings (SSSR count). The number of carbonyl (C=O) groups is 3. The standard InChI is InChI=1S/C17H22N2O5/c1-11-4-6-13(7-5-11)24-12(2)17(22)19-9-8-18-16(21)14(19)10-15(20)23-3/h4-7,12,14H,8-10H2,1-3H3,(H,18,21)/t12-,14-/m0/s1. The van der Waals surface area contributed by atoms with Gasteiger partial charge in [-0.3, -0.25) is 14.4 Å². The second-order valence-electron chi connectivity index (χ2n) is 5.69. The first kappa shape index (κ1) is 17.8. The number of ether oxygens (including phenoxy) is 2. The lowest BCUT2D eigenvalue weighted by Crippen LogP contribution is -2.60. The highest BCUT2D eigenvalue weighted by Crippen LogP contribution is 2.17. The number of rotatable bonds is 5. The molecule has 1 aromatic carbocycles. The van der Waals surface area contributed by atoms with Crippen LogP contribution in [0.2, 0.25) is 0 Å². The summed E-state index contributed by atoms with van der Waals surface area (Å²) in [7, 11) is 1.25. The number of hydrogen-bond donors (Lipinski definition) is 1. The van der Waals surface area contributed by atoms with Gasteiger partial charge in [0, 0.05) is 13.1 Å². The van der Waals surface area contributed by atoms with Gasteiger partial charge in [-0.2, -0.15) is 0 Å². The Hall–Kier alpha value is -2.57. The van der Waals surface area contributed by atoms with E-state index in [0.29, 0.717) is 18.8 Å². The van der Waals surface area contributed by atoms with Crippen molar-refractivity contribution in [2.24, 2.45) is 0 Å². The molecule has 0 aromatic heterocycles. The van der Waals surface area contributed by atoms with Crippen LogP contribution in [0.25, 0.3) is 0 Å². The number of benzene rings is 1. The van der Waals surface area contributed by atoms with E-state index in [1.807, 2.05) is 19.1 Å². The highest BCUT2D eigenvalue weighted by molar-refractivity contribution is 5.93. The SMILES string of the molecule is COC(=O)C[C@H]1C(=O)NCCN1C(=O)[C@H](C)Oc1ccc(C)cc1. The lowest BCUT2D eigenvalue weighted by molar-refractivity contribution is -0.153. The largest absolute Gasteiger partial charge is 0.481 e. The Bertz CT molecular complexity index is 614. The fourth-order valence-electron chi connectivity index (χ4n) is 2.53. The van der Waals surface area contributed by atoms with E-state index in [1.54, 1.807) is 19.1 Å². The predicted molar refractivity (Wildman–Crippen MR) is 86.4 cm³/mol. The molecule has 1 aliphatic heterocycles. The number of carbonyl (C=O) groups excluding carboxylic acids is 3. The van der Waals surface area contributed by atoms with E-state index < -0.39 is 18.1 Å². The van der Waals surface area contributed by atoms with Gasteiger partial charge in [0.25, 0.3) is 5.91 Å². The van der Waals surface area contributed by atoms with Crippen LogP contribution < -0.4 is 10.1 Å². The van der Waals surface area contributed by atoms with E-state index in [0.717, 1.165) is 5.56 Å².